The van der Waals surface area contributed by atoms with Crippen LogP contribution in [0.3, 0.4) is 0 Å². The van der Waals surface area contributed by atoms with Gasteiger partial charge in [0, 0.05) is 18.4 Å². The van der Waals surface area contributed by atoms with Gasteiger partial charge in [0.15, 0.2) is 23.0 Å². The number of phenols is 2. The van der Waals surface area contributed by atoms with E-state index in [0.717, 1.165) is 30.5 Å². The van der Waals surface area contributed by atoms with E-state index < -0.39 is 0 Å². The standard InChI is InChI=1S/C18H21NO4/c1-22-17-4-3-11(8-15(17)20)7-14-13-10-16(21)18(23-2)9-12(13)5-6-19-14/h3-4,8-10,14,19-21H,5-7H2,1-2H3/p+1/t14-/m1/s1. The SMILES string of the molecule is COc1ccc(C[C@H]2[NH2+]CCc3cc(OC)c(O)cc32)cc1O. The smallest absolute Gasteiger partial charge is 0.160 e. The molecule has 0 spiro atoms. The van der Waals surface area contributed by atoms with E-state index in [4.69, 9.17) is 9.47 Å². The Balaban J connectivity index is 1.88. The van der Waals surface area contributed by atoms with Crippen molar-refractivity contribution in [3.8, 4) is 23.0 Å². The van der Waals surface area contributed by atoms with Gasteiger partial charge in [0.1, 0.15) is 6.04 Å². The monoisotopic (exact) mass is 316 g/mol. The Labute approximate surface area is 135 Å². The van der Waals surface area contributed by atoms with Crippen LogP contribution in [0, 0.1) is 0 Å². The van der Waals surface area contributed by atoms with E-state index >= 15 is 0 Å². The Hall–Kier alpha value is -2.40. The normalized spacial score (nSPS) is 16.7. The van der Waals surface area contributed by atoms with Gasteiger partial charge in [0.2, 0.25) is 0 Å². The number of quaternary nitrogens is 1. The Bertz CT molecular complexity index is 714. The number of benzene rings is 2. The zero-order valence-electron chi connectivity index (χ0n) is 13.4. The molecule has 3 rings (SSSR count). The quantitative estimate of drug-likeness (QED) is 0.799. The van der Waals surface area contributed by atoms with Crippen LogP contribution in [0.1, 0.15) is 22.7 Å². The van der Waals surface area contributed by atoms with Crippen LogP contribution < -0.4 is 14.8 Å². The van der Waals surface area contributed by atoms with Gasteiger partial charge in [0.25, 0.3) is 0 Å². The summed E-state index contributed by atoms with van der Waals surface area (Å²) in [5, 5.41) is 22.3. The molecule has 1 atom stereocenters. The van der Waals surface area contributed by atoms with Crippen molar-refractivity contribution < 1.29 is 25.0 Å². The maximum atomic E-state index is 10.1. The zero-order chi connectivity index (χ0) is 16.4. The van der Waals surface area contributed by atoms with Crippen molar-refractivity contribution in [1.82, 2.24) is 0 Å². The molecule has 5 nitrogen and oxygen atoms in total. The zero-order valence-corrected chi connectivity index (χ0v) is 13.4. The maximum absolute atomic E-state index is 10.1. The van der Waals surface area contributed by atoms with Crippen LogP contribution in [0.4, 0.5) is 0 Å². The van der Waals surface area contributed by atoms with Gasteiger partial charge in [-0.2, -0.15) is 0 Å². The first-order valence-corrected chi connectivity index (χ1v) is 7.71. The fourth-order valence-electron chi connectivity index (χ4n) is 3.23. The second-order valence-electron chi connectivity index (χ2n) is 5.81. The van der Waals surface area contributed by atoms with E-state index in [1.807, 2.05) is 12.1 Å². The largest absolute Gasteiger partial charge is 0.504 e. The lowest BCUT2D eigenvalue weighted by atomic mass is 9.90. The highest BCUT2D eigenvalue weighted by Gasteiger charge is 2.25. The van der Waals surface area contributed by atoms with Gasteiger partial charge in [0.05, 0.1) is 20.8 Å². The lowest BCUT2D eigenvalue weighted by Crippen LogP contribution is -2.87. The maximum Gasteiger partial charge on any atom is 0.160 e. The second kappa shape index (κ2) is 6.38. The van der Waals surface area contributed by atoms with Gasteiger partial charge in [-0.25, -0.2) is 0 Å². The van der Waals surface area contributed by atoms with Gasteiger partial charge in [-0.05, 0) is 35.4 Å². The molecule has 0 radical (unpaired) electrons. The average molecular weight is 316 g/mol. The molecular formula is C18H22NO4+. The molecule has 23 heavy (non-hydrogen) atoms. The molecule has 0 fully saturated rings. The lowest BCUT2D eigenvalue weighted by Gasteiger charge is -2.25. The third-order valence-electron chi connectivity index (χ3n) is 4.40. The number of hydrogen-bond donors (Lipinski definition) is 3. The highest BCUT2D eigenvalue weighted by Crippen LogP contribution is 2.34. The molecule has 5 heteroatoms. The first-order chi connectivity index (χ1) is 11.1. The summed E-state index contributed by atoms with van der Waals surface area (Å²) < 4.78 is 10.3. The van der Waals surface area contributed by atoms with Crippen molar-refractivity contribution in [1.29, 1.82) is 0 Å². The minimum absolute atomic E-state index is 0.151. The Morgan fingerprint density at radius 2 is 1.78 bits per heavy atom. The molecule has 2 aromatic rings. The second-order valence-corrected chi connectivity index (χ2v) is 5.81. The number of phenolic OH excluding ortho intramolecular Hbond substituents is 2. The van der Waals surface area contributed by atoms with Crippen molar-refractivity contribution in [2.75, 3.05) is 20.8 Å². The van der Waals surface area contributed by atoms with Crippen molar-refractivity contribution in [3.63, 3.8) is 0 Å². The molecule has 1 aliphatic rings. The number of nitrogens with two attached hydrogens (primary N) is 1. The van der Waals surface area contributed by atoms with Crippen LogP contribution in [0.25, 0.3) is 0 Å². The summed E-state index contributed by atoms with van der Waals surface area (Å²) in [5.74, 6) is 1.32. The summed E-state index contributed by atoms with van der Waals surface area (Å²) in [4.78, 5) is 0. The molecule has 4 N–H and O–H groups in total. The highest BCUT2D eigenvalue weighted by molar-refractivity contribution is 5.48. The minimum Gasteiger partial charge on any atom is -0.504 e. The van der Waals surface area contributed by atoms with Gasteiger partial charge < -0.3 is 25.0 Å². The summed E-state index contributed by atoms with van der Waals surface area (Å²) in [6.07, 6.45) is 1.73. The van der Waals surface area contributed by atoms with E-state index in [9.17, 15) is 10.2 Å². The molecule has 0 saturated heterocycles. The molecule has 1 heterocycles. The highest BCUT2D eigenvalue weighted by atomic mass is 16.5. The first-order valence-electron chi connectivity index (χ1n) is 7.71. The van der Waals surface area contributed by atoms with Crippen molar-refractivity contribution in [3.05, 3.63) is 47.0 Å². The van der Waals surface area contributed by atoms with Crippen LogP contribution >= 0.6 is 0 Å². The van der Waals surface area contributed by atoms with E-state index in [2.05, 4.69) is 5.32 Å². The molecule has 122 valence electrons. The van der Waals surface area contributed by atoms with Gasteiger partial charge in [-0.1, -0.05) is 6.07 Å². The Morgan fingerprint density at radius 3 is 2.48 bits per heavy atom. The third kappa shape index (κ3) is 3.05. The molecule has 0 bridgehead atoms. The van der Waals surface area contributed by atoms with Gasteiger partial charge >= 0.3 is 0 Å². The first kappa shape index (κ1) is 15.5. The van der Waals surface area contributed by atoms with Crippen molar-refractivity contribution in [2.45, 2.75) is 18.9 Å². The average Bonchev–Trinajstić information content (AvgIpc) is 2.55. The molecule has 0 aliphatic carbocycles. The fourth-order valence-corrected chi connectivity index (χ4v) is 3.23. The van der Waals surface area contributed by atoms with Crippen molar-refractivity contribution >= 4 is 0 Å². The number of hydrogen-bond acceptors (Lipinski definition) is 4. The van der Waals surface area contributed by atoms with E-state index in [-0.39, 0.29) is 17.5 Å². The van der Waals surface area contributed by atoms with E-state index in [0.29, 0.717) is 11.5 Å². The Morgan fingerprint density at radius 1 is 1.04 bits per heavy atom. The molecule has 0 saturated carbocycles. The number of ether oxygens (including phenoxy) is 2. The van der Waals surface area contributed by atoms with E-state index in [1.54, 1.807) is 25.3 Å². The summed E-state index contributed by atoms with van der Waals surface area (Å²) >= 11 is 0. The molecular weight excluding hydrogens is 294 g/mol. The summed E-state index contributed by atoms with van der Waals surface area (Å²) in [6, 6.07) is 9.42. The fraction of sp³-hybridized carbons (Fsp3) is 0.333. The molecule has 0 aromatic heterocycles. The molecule has 1 aliphatic heterocycles. The number of methoxy groups -OCH3 is 2. The minimum atomic E-state index is 0.151. The Kier molecular flexibility index (Phi) is 4.30. The topological polar surface area (TPSA) is 75.5 Å². The summed E-state index contributed by atoms with van der Waals surface area (Å²) in [7, 11) is 3.10. The third-order valence-corrected chi connectivity index (χ3v) is 4.40. The number of aromatic hydroxyl groups is 2. The number of rotatable bonds is 4. The van der Waals surface area contributed by atoms with Crippen LogP contribution in [-0.4, -0.2) is 31.0 Å². The molecule has 2 aromatic carbocycles. The van der Waals surface area contributed by atoms with Crippen LogP contribution in [0.2, 0.25) is 0 Å². The summed E-state index contributed by atoms with van der Waals surface area (Å²) in [6.45, 7) is 0.994. The van der Waals surface area contributed by atoms with Gasteiger partial charge in [-0.15, -0.1) is 0 Å². The van der Waals surface area contributed by atoms with Crippen molar-refractivity contribution in [2.24, 2.45) is 0 Å². The predicted octanol–water partition coefficient (Wildman–Crippen LogP) is 1.52. The summed E-state index contributed by atoms with van der Waals surface area (Å²) in [5.41, 5.74) is 3.38. The van der Waals surface area contributed by atoms with Gasteiger partial charge in [-0.3, -0.25) is 0 Å². The number of fused-ring (bicyclic) bond motifs is 1. The predicted molar refractivity (Wildman–Crippen MR) is 86.3 cm³/mol. The molecule has 0 amide bonds. The van der Waals surface area contributed by atoms with E-state index in [1.165, 1.54) is 12.7 Å². The molecule has 0 unspecified atom stereocenters. The lowest BCUT2D eigenvalue weighted by molar-refractivity contribution is -0.698. The van der Waals surface area contributed by atoms with Crippen LogP contribution in [0.15, 0.2) is 30.3 Å². The van der Waals surface area contributed by atoms with Crippen LogP contribution in [-0.2, 0) is 12.8 Å². The van der Waals surface area contributed by atoms with Crippen LogP contribution in [0.5, 0.6) is 23.0 Å².